The molecule has 0 N–H and O–H groups in total. The summed E-state index contributed by atoms with van der Waals surface area (Å²) in [7, 11) is 0. The van der Waals surface area contributed by atoms with E-state index in [0.717, 1.165) is 63.1 Å². The molecule has 0 radical (unpaired) electrons. The number of hydrogen-bond donors (Lipinski definition) is 0. The molecular weight excluding hydrogens is 484 g/mol. The van der Waals surface area contributed by atoms with Crippen LogP contribution in [0.4, 0.5) is 0 Å². The molecule has 1 aromatic heterocycles. The number of benzene rings is 3. The molecule has 3 nitrogen and oxygen atoms in total. The molecule has 182 valence electrons. The second kappa shape index (κ2) is 9.57. The minimum absolute atomic E-state index is 0.0978. The highest BCUT2D eigenvalue weighted by atomic mass is 35.5. The first-order valence-electron chi connectivity index (χ1n) is 12.7. The van der Waals surface area contributed by atoms with E-state index < -0.39 is 0 Å². The van der Waals surface area contributed by atoms with Crippen LogP contribution >= 0.6 is 23.4 Å². The Labute approximate surface area is 221 Å². The van der Waals surface area contributed by atoms with Gasteiger partial charge in [0.1, 0.15) is 0 Å². The second-order valence-corrected chi connectivity index (χ2v) is 11.6. The predicted molar refractivity (Wildman–Crippen MR) is 149 cm³/mol. The van der Waals surface area contributed by atoms with Gasteiger partial charge in [-0.2, -0.15) is 0 Å². The third kappa shape index (κ3) is 4.21. The Morgan fingerprint density at radius 1 is 0.972 bits per heavy atom. The zero-order chi connectivity index (χ0) is 24.7. The summed E-state index contributed by atoms with van der Waals surface area (Å²) in [5.74, 6) is 0.709. The van der Waals surface area contributed by atoms with Gasteiger partial charge in [-0.25, -0.2) is 4.98 Å². The highest BCUT2D eigenvalue weighted by molar-refractivity contribution is 7.98. The average molecular weight is 513 g/mol. The highest BCUT2D eigenvalue weighted by Crippen LogP contribution is 2.49. The van der Waals surface area contributed by atoms with Gasteiger partial charge in [0, 0.05) is 21.8 Å². The molecule has 0 aliphatic heterocycles. The number of halogens is 1. The molecule has 5 heteroatoms. The van der Waals surface area contributed by atoms with Crippen molar-refractivity contribution in [3.8, 4) is 16.9 Å². The van der Waals surface area contributed by atoms with E-state index in [2.05, 4.69) is 43.3 Å². The van der Waals surface area contributed by atoms with Crippen molar-refractivity contribution in [3.05, 3.63) is 110 Å². The van der Waals surface area contributed by atoms with Gasteiger partial charge in [-0.05, 0) is 67.1 Å². The molecular formula is C31H29ClN2OS. The molecule has 0 atom stereocenters. The lowest BCUT2D eigenvalue weighted by molar-refractivity contribution is 0.283. The van der Waals surface area contributed by atoms with Gasteiger partial charge in [0.05, 0.1) is 16.9 Å². The summed E-state index contributed by atoms with van der Waals surface area (Å²) in [6.45, 7) is 2.07. The first kappa shape index (κ1) is 23.6. The molecule has 1 spiro atoms. The van der Waals surface area contributed by atoms with E-state index in [4.69, 9.17) is 16.6 Å². The van der Waals surface area contributed by atoms with Crippen LogP contribution in [0.2, 0.25) is 5.02 Å². The van der Waals surface area contributed by atoms with Crippen molar-refractivity contribution in [1.82, 2.24) is 9.55 Å². The SMILES string of the molecule is Cc1cccc(-n2c(SCc3ccc(Cl)cc3)nc3c(c2=O)C2(CCCCC2)Cc2ccccc2-3)c1. The summed E-state index contributed by atoms with van der Waals surface area (Å²) >= 11 is 7.72. The Morgan fingerprint density at radius 3 is 2.53 bits per heavy atom. The van der Waals surface area contributed by atoms with Crippen molar-refractivity contribution in [2.24, 2.45) is 0 Å². The van der Waals surface area contributed by atoms with Crippen LogP contribution in [0.15, 0.2) is 82.7 Å². The van der Waals surface area contributed by atoms with E-state index in [0.29, 0.717) is 5.75 Å². The molecule has 6 rings (SSSR count). The van der Waals surface area contributed by atoms with Crippen LogP contribution in [-0.2, 0) is 17.6 Å². The standard InChI is InChI=1S/C31H29ClN2OS/c1-21-8-7-10-25(18-21)34-29(35)27-28(33-30(34)36-20-22-12-14-24(32)15-13-22)26-11-4-3-9-23(26)19-31(27)16-5-2-6-17-31/h3-4,7-15,18H,2,5-6,16-17,19-20H2,1H3. The maximum absolute atomic E-state index is 14.6. The van der Waals surface area contributed by atoms with Crippen LogP contribution in [0.5, 0.6) is 0 Å². The molecule has 3 aromatic carbocycles. The van der Waals surface area contributed by atoms with E-state index in [1.54, 1.807) is 11.8 Å². The summed E-state index contributed by atoms with van der Waals surface area (Å²) in [5, 5.41) is 1.46. The Bertz CT molecular complexity index is 1490. The number of hydrogen-bond acceptors (Lipinski definition) is 3. The molecule has 36 heavy (non-hydrogen) atoms. The Morgan fingerprint density at radius 2 is 1.75 bits per heavy atom. The first-order chi connectivity index (χ1) is 17.5. The monoisotopic (exact) mass is 512 g/mol. The Hall–Kier alpha value is -2.82. The van der Waals surface area contributed by atoms with Gasteiger partial charge in [0.15, 0.2) is 5.16 Å². The van der Waals surface area contributed by atoms with Crippen LogP contribution in [0.3, 0.4) is 0 Å². The van der Waals surface area contributed by atoms with Crippen molar-refractivity contribution < 1.29 is 0 Å². The van der Waals surface area contributed by atoms with Crippen LogP contribution in [0.25, 0.3) is 16.9 Å². The quantitative estimate of drug-likeness (QED) is 0.206. The van der Waals surface area contributed by atoms with Gasteiger partial charge >= 0.3 is 0 Å². The van der Waals surface area contributed by atoms with Gasteiger partial charge < -0.3 is 0 Å². The van der Waals surface area contributed by atoms with Gasteiger partial charge in [0.25, 0.3) is 5.56 Å². The fourth-order valence-electron chi connectivity index (χ4n) is 6.01. The van der Waals surface area contributed by atoms with Crippen molar-refractivity contribution in [2.75, 3.05) is 0 Å². The molecule has 1 heterocycles. The average Bonchev–Trinajstić information content (AvgIpc) is 2.88. The third-order valence-corrected chi connectivity index (χ3v) is 9.00. The molecule has 4 aromatic rings. The minimum atomic E-state index is -0.128. The maximum Gasteiger partial charge on any atom is 0.263 e. The van der Waals surface area contributed by atoms with E-state index in [1.165, 1.54) is 24.8 Å². The minimum Gasteiger partial charge on any atom is -0.268 e. The lowest BCUT2D eigenvalue weighted by Gasteiger charge is -2.42. The van der Waals surface area contributed by atoms with Gasteiger partial charge in [-0.3, -0.25) is 9.36 Å². The van der Waals surface area contributed by atoms with E-state index >= 15 is 0 Å². The van der Waals surface area contributed by atoms with Gasteiger partial charge in [-0.15, -0.1) is 0 Å². The Kier molecular flexibility index (Phi) is 6.27. The van der Waals surface area contributed by atoms with E-state index in [9.17, 15) is 4.79 Å². The molecule has 0 saturated heterocycles. The number of nitrogens with zero attached hydrogens (tertiary/aromatic N) is 2. The summed E-state index contributed by atoms with van der Waals surface area (Å²) in [5.41, 5.74) is 7.40. The molecule has 0 bridgehead atoms. The Balaban J connectivity index is 1.57. The van der Waals surface area contributed by atoms with Crippen LogP contribution in [-0.4, -0.2) is 9.55 Å². The molecule has 1 fully saturated rings. The topological polar surface area (TPSA) is 34.9 Å². The fourth-order valence-corrected chi connectivity index (χ4v) is 7.10. The lowest BCUT2D eigenvalue weighted by atomic mass is 9.62. The highest BCUT2D eigenvalue weighted by Gasteiger charge is 2.43. The number of aromatic nitrogens is 2. The third-order valence-electron chi connectivity index (χ3n) is 7.74. The smallest absolute Gasteiger partial charge is 0.263 e. The lowest BCUT2D eigenvalue weighted by Crippen LogP contribution is -2.42. The molecule has 2 aliphatic carbocycles. The molecule has 0 amide bonds. The predicted octanol–water partition coefficient (Wildman–Crippen LogP) is 7.91. The van der Waals surface area contributed by atoms with Crippen molar-refractivity contribution in [1.29, 1.82) is 0 Å². The molecule has 2 aliphatic rings. The van der Waals surface area contributed by atoms with Crippen molar-refractivity contribution in [3.63, 3.8) is 0 Å². The van der Waals surface area contributed by atoms with Gasteiger partial charge in [0.2, 0.25) is 0 Å². The van der Waals surface area contributed by atoms with E-state index in [1.807, 2.05) is 41.0 Å². The van der Waals surface area contributed by atoms with Crippen molar-refractivity contribution >= 4 is 23.4 Å². The zero-order valence-electron chi connectivity index (χ0n) is 20.5. The van der Waals surface area contributed by atoms with Crippen molar-refractivity contribution in [2.45, 2.75) is 61.8 Å². The van der Waals surface area contributed by atoms with Crippen LogP contribution in [0.1, 0.15) is 54.4 Å². The van der Waals surface area contributed by atoms with Crippen LogP contribution in [0, 0.1) is 6.92 Å². The maximum atomic E-state index is 14.6. The second-order valence-electron chi connectivity index (χ2n) is 10.2. The number of rotatable bonds is 4. The van der Waals surface area contributed by atoms with E-state index in [-0.39, 0.29) is 11.0 Å². The largest absolute Gasteiger partial charge is 0.268 e. The molecule has 1 saturated carbocycles. The molecule has 0 unspecified atom stereocenters. The summed E-state index contributed by atoms with van der Waals surface area (Å²) in [6.07, 6.45) is 6.61. The van der Waals surface area contributed by atoms with Gasteiger partial charge in [-0.1, -0.05) is 91.2 Å². The number of fused-ring (bicyclic) bond motifs is 4. The summed E-state index contributed by atoms with van der Waals surface area (Å²) in [4.78, 5) is 19.9. The normalized spacial score (nSPS) is 15.9. The fraction of sp³-hybridized carbons (Fsp3) is 0.290. The number of thioether (sulfide) groups is 1. The first-order valence-corrected chi connectivity index (χ1v) is 14.1. The zero-order valence-corrected chi connectivity index (χ0v) is 22.0. The summed E-state index contributed by atoms with van der Waals surface area (Å²) < 4.78 is 1.87. The summed E-state index contributed by atoms with van der Waals surface area (Å²) in [6, 6.07) is 24.7. The van der Waals surface area contributed by atoms with Crippen LogP contribution < -0.4 is 5.56 Å². The number of aryl methyl sites for hydroxylation is 1.